The third-order valence-electron chi connectivity index (χ3n) is 2.66. The van der Waals surface area contributed by atoms with Crippen molar-refractivity contribution in [1.29, 1.82) is 0 Å². The molecule has 1 unspecified atom stereocenters. The fraction of sp³-hybridized carbons (Fsp3) is 0.100. The molecule has 1 N–H and O–H groups in total. The minimum absolute atomic E-state index is 0.464. The van der Waals surface area contributed by atoms with Crippen molar-refractivity contribution >= 4 is 11.9 Å². The van der Waals surface area contributed by atoms with E-state index in [1.165, 1.54) is 6.21 Å². The Morgan fingerprint density at radius 3 is 2.76 bits per heavy atom. The third kappa shape index (κ3) is 1.28. The Morgan fingerprint density at radius 2 is 2.06 bits per heavy atom. The van der Waals surface area contributed by atoms with Crippen molar-refractivity contribution in [2.24, 2.45) is 4.99 Å². The molecular weight excluding hydrogens is 227 g/mol. The second-order valence-electron chi connectivity index (χ2n) is 3.63. The summed E-state index contributed by atoms with van der Waals surface area (Å²) in [4.78, 5) is 26.1. The van der Waals surface area contributed by atoms with Crippen LogP contribution in [0, 0.1) is 0 Å². The summed E-state index contributed by atoms with van der Waals surface area (Å²) in [6.07, 6.45) is 1.49. The van der Waals surface area contributed by atoms with Gasteiger partial charge in [-0.3, -0.25) is 4.99 Å². The van der Waals surface area contributed by atoms with Crippen molar-refractivity contribution in [2.75, 3.05) is 0 Å². The number of nitrogens with one attached hydrogen (secondary N) is 1. The lowest BCUT2D eigenvalue weighted by molar-refractivity contribution is 0.335. The molecular formula is C10H7FN4O2. The number of aromatic amines is 1. The normalized spacial score (nSPS) is 17.4. The number of hydrogen-bond donors (Lipinski definition) is 1. The smallest absolute Gasteiger partial charge is 0.258 e. The number of halogens is 1. The molecule has 3 rings (SSSR count). The molecule has 0 bridgehead atoms. The van der Waals surface area contributed by atoms with Crippen molar-refractivity contribution in [3.05, 3.63) is 50.8 Å². The molecule has 6 nitrogen and oxygen atoms in total. The summed E-state index contributed by atoms with van der Waals surface area (Å²) in [6.45, 7) is 0. The van der Waals surface area contributed by atoms with Crippen LogP contribution in [0.3, 0.4) is 0 Å². The van der Waals surface area contributed by atoms with Crippen molar-refractivity contribution in [1.82, 2.24) is 14.6 Å². The van der Waals surface area contributed by atoms with Crippen LogP contribution < -0.4 is 11.4 Å². The minimum atomic E-state index is -1.09. The standard InChI is InChI=1S/C10H7FN4O2/c11-14-9(16)13-15(10(14)17)8-5-12-7-4-2-1-3-6(7)8/h1-5,8H,(H,13,16). The Morgan fingerprint density at radius 1 is 1.29 bits per heavy atom. The van der Waals surface area contributed by atoms with Gasteiger partial charge < -0.3 is 0 Å². The van der Waals surface area contributed by atoms with Gasteiger partial charge in [0.2, 0.25) is 0 Å². The molecule has 2 heterocycles. The number of H-pyrrole nitrogens is 1. The number of para-hydroxylation sites is 1. The van der Waals surface area contributed by atoms with Gasteiger partial charge in [0.1, 0.15) is 6.04 Å². The maximum absolute atomic E-state index is 13.0. The Kier molecular flexibility index (Phi) is 1.88. The lowest BCUT2D eigenvalue weighted by Gasteiger charge is -2.08. The molecule has 7 heteroatoms. The number of rotatable bonds is 1. The number of aliphatic imine (C=N–C) groups is 1. The first-order chi connectivity index (χ1) is 8.18. The topological polar surface area (TPSA) is 72.2 Å². The van der Waals surface area contributed by atoms with Gasteiger partial charge in [-0.15, -0.1) is 0 Å². The van der Waals surface area contributed by atoms with Gasteiger partial charge in [-0.25, -0.2) is 19.4 Å². The molecule has 86 valence electrons. The third-order valence-corrected chi connectivity index (χ3v) is 2.66. The first-order valence-corrected chi connectivity index (χ1v) is 4.91. The zero-order valence-corrected chi connectivity index (χ0v) is 8.50. The summed E-state index contributed by atoms with van der Waals surface area (Å²) >= 11 is 0. The van der Waals surface area contributed by atoms with Gasteiger partial charge in [0.25, 0.3) is 0 Å². The largest absolute Gasteiger partial charge is 0.376 e. The zero-order chi connectivity index (χ0) is 12.0. The molecule has 0 spiro atoms. The van der Waals surface area contributed by atoms with E-state index in [2.05, 4.69) is 10.1 Å². The van der Waals surface area contributed by atoms with Gasteiger partial charge in [0, 0.05) is 11.8 Å². The maximum atomic E-state index is 13.0. The zero-order valence-electron chi connectivity index (χ0n) is 8.50. The fourth-order valence-corrected chi connectivity index (χ4v) is 1.86. The number of benzene rings is 1. The van der Waals surface area contributed by atoms with Crippen LogP contribution in [0.4, 0.5) is 10.2 Å². The van der Waals surface area contributed by atoms with E-state index < -0.39 is 22.2 Å². The highest BCUT2D eigenvalue weighted by molar-refractivity contribution is 5.80. The Balaban J connectivity index is 2.20. The summed E-state index contributed by atoms with van der Waals surface area (Å²) < 4.78 is 13.9. The van der Waals surface area contributed by atoms with Crippen LogP contribution in [-0.2, 0) is 0 Å². The summed E-state index contributed by atoms with van der Waals surface area (Å²) in [7, 11) is 0. The van der Waals surface area contributed by atoms with Gasteiger partial charge in [-0.1, -0.05) is 27.5 Å². The molecule has 1 aliphatic rings. The van der Waals surface area contributed by atoms with Gasteiger partial charge in [0.15, 0.2) is 0 Å². The molecule has 1 aromatic heterocycles. The quantitative estimate of drug-likeness (QED) is 0.774. The molecule has 1 atom stereocenters. The van der Waals surface area contributed by atoms with Gasteiger partial charge in [-0.2, -0.15) is 0 Å². The van der Waals surface area contributed by atoms with Crippen LogP contribution >= 0.6 is 0 Å². The molecule has 0 radical (unpaired) electrons. The van der Waals surface area contributed by atoms with Crippen LogP contribution in [-0.4, -0.2) is 20.8 Å². The van der Waals surface area contributed by atoms with Crippen molar-refractivity contribution in [2.45, 2.75) is 6.04 Å². The molecule has 2 aromatic rings. The molecule has 0 aliphatic carbocycles. The lowest BCUT2D eigenvalue weighted by Crippen LogP contribution is -2.27. The van der Waals surface area contributed by atoms with E-state index in [-0.39, 0.29) is 0 Å². The van der Waals surface area contributed by atoms with Gasteiger partial charge in [-0.05, 0) is 6.07 Å². The highest BCUT2D eigenvalue weighted by Crippen LogP contribution is 2.31. The predicted molar refractivity (Wildman–Crippen MR) is 58.6 cm³/mol. The molecule has 1 aliphatic heterocycles. The Hall–Kier alpha value is -2.44. The molecule has 1 aromatic carbocycles. The predicted octanol–water partition coefficient (Wildman–Crippen LogP) is 0.376. The Bertz CT molecular complexity index is 724. The van der Waals surface area contributed by atoms with Crippen LogP contribution in [0.15, 0.2) is 38.8 Å². The fourth-order valence-electron chi connectivity index (χ4n) is 1.86. The number of hydrogen-bond acceptors (Lipinski definition) is 3. The van der Waals surface area contributed by atoms with E-state index in [0.29, 0.717) is 5.69 Å². The monoisotopic (exact) mass is 234 g/mol. The number of fused-ring (bicyclic) bond motifs is 1. The Labute approximate surface area is 93.6 Å². The molecule has 0 fully saturated rings. The van der Waals surface area contributed by atoms with Crippen molar-refractivity contribution in [3.8, 4) is 0 Å². The lowest BCUT2D eigenvalue weighted by atomic mass is 10.1. The maximum Gasteiger partial charge on any atom is 0.376 e. The van der Waals surface area contributed by atoms with Crippen molar-refractivity contribution in [3.63, 3.8) is 0 Å². The van der Waals surface area contributed by atoms with Crippen LogP contribution in [0.1, 0.15) is 11.6 Å². The van der Waals surface area contributed by atoms with E-state index in [4.69, 9.17) is 0 Å². The average Bonchev–Trinajstić information content (AvgIpc) is 2.86. The SMILES string of the molecule is O=c1[nH]n(C2C=Nc3ccccc32)c(=O)n1F. The van der Waals surface area contributed by atoms with Crippen LogP contribution in [0.5, 0.6) is 0 Å². The number of nitrogens with zero attached hydrogens (tertiary/aromatic N) is 3. The van der Waals surface area contributed by atoms with E-state index >= 15 is 0 Å². The van der Waals surface area contributed by atoms with Gasteiger partial charge >= 0.3 is 11.4 Å². The summed E-state index contributed by atoms with van der Waals surface area (Å²) in [5.74, 6) is 0. The average molecular weight is 234 g/mol. The first-order valence-electron chi connectivity index (χ1n) is 4.91. The summed E-state index contributed by atoms with van der Waals surface area (Å²) in [5, 5.41) is 2.14. The first kappa shape index (κ1) is 9.76. The highest BCUT2D eigenvalue weighted by Gasteiger charge is 2.23. The van der Waals surface area contributed by atoms with E-state index in [9.17, 15) is 14.1 Å². The van der Waals surface area contributed by atoms with E-state index in [1.807, 2.05) is 6.07 Å². The van der Waals surface area contributed by atoms with E-state index in [0.717, 1.165) is 10.2 Å². The van der Waals surface area contributed by atoms with Gasteiger partial charge in [0.05, 0.1) is 5.69 Å². The highest BCUT2D eigenvalue weighted by atomic mass is 19.2. The van der Waals surface area contributed by atoms with Crippen LogP contribution in [0.2, 0.25) is 0 Å². The minimum Gasteiger partial charge on any atom is -0.258 e. The molecule has 17 heavy (non-hydrogen) atoms. The second-order valence-corrected chi connectivity index (χ2v) is 3.63. The molecule has 0 saturated carbocycles. The molecule has 0 saturated heterocycles. The molecule has 0 amide bonds. The second kappa shape index (κ2) is 3.27. The van der Waals surface area contributed by atoms with Crippen molar-refractivity contribution < 1.29 is 4.48 Å². The summed E-state index contributed by atoms with van der Waals surface area (Å²) in [6, 6.07) is 6.58. The summed E-state index contributed by atoms with van der Waals surface area (Å²) in [5.41, 5.74) is -0.677. The van der Waals surface area contributed by atoms with E-state index in [1.54, 1.807) is 18.2 Å². The van der Waals surface area contributed by atoms with Crippen LogP contribution in [0.25, 0.3) is 0 Å². The number of aromatic nitrogens is 3.